The first-order valence-corrected chi connectivity index (χ1v) is 3.53. The molecule has 0 saturated carbocycles. The van der Waals surface area contributed by atoms with Crippen LogP contribution in [0.25, 0.3) is 0 Å². The molecule has 2 nitrogen and oxygen atoms in total. The number of hydrazine groups is 1. The van der Waals surface area contributed by atoms with Crippen LogP contribution in [0.3, 0.4) is 0 Å². The predicted octanol–water partition coefficient (Wildman–Crippen LogP) is 1.67. The van der Waals surface area contributed by atoms with Crippen molar-refractivity contribution in [2.24, 2.45) is 5.84 Å². The lowest BCUT2D eigenvalue weighted by Gasteiger charge is -2.02. The number of rotatable bonds is 2. The van der Waals surface area contributed by atoms with Gasteiger partial charge in [0.1, 0.15) is 5.82 Å². The van der Waals surface area contributed by atoms with Gasteiger partial charge >= 0.3 is 0 Å². The fraction of sp³-hybridized carbons (Fsp3) is 0.250. The molecule has 0 aromatic heterocycles. The lowest BCUT2D eigenvalue weighted by atomic mass is 10.1. The van der Waals surface area contributed by atoms with Crippen molar-refractivity contribution in [1.29, 1.82) is 0 Å². The monoisotopic (exact) mass is 154 g/mol. The van der Waals surface area contributed by atoms with Crippen LogP contribution >= 0.6 is 0 Å². The van der Waals surface area contributed by atoms with Gasteiger partial charge in [-0.25, -0.2) is 4.39 Å². The molecule has 11 heavy (non-hydrogen) atoms. The number of hydrogen-bond donors (Lipinski definition) is 2. The van der Waals surface area contributed by atoms with E-state index in [1.807, 2.05) is 6.92 Å². The standard InChI is InChI=1S/C8H11FN2/c1-2-6-5-7(11-10)3-4-8(6)9/h3-5,11H,2,10H2,1H3. The summed E-state index contributed by atoms with van der Waals surface area (Å²) >= 11 is 0. The van der Waals surface area contributed by atoms with Crippen molar-refractivity contribution < 1.29 is 4.39 Å². The van der Waals surface area contributed by atoms with Crippen LogP contribution in [0.15, 0.2) is 18.2 Å². The second-order valence-corrected chi connectivity index (χ2v) is 2.30. The topological polar surface area (TPSA) is 38.0 Å². The highest BCUT2D eigenvalue weighted by Gasteiger charge is 1.99. The Balaban J connectivity index is 3.02. The molecule has 60 valence electrons. The van der Waals surface area contributed by atoms with Crippen LogP contribution in [0.5, 0.6) is 0 Å². The van der Waals surface area contributed by atoms with Crippen LogP contribution in [-0.4, -0.2) is 0 Å². The molecule has 3 heteroatoms. The Kier molecular flexibility index (Phi) is 2.44. The first-order chi connectivity index (χ1) is 5.27. The fourth-order valence-corrected chi connectivity index (χ4v) is 0.935. The van der Waals surface area contributed by atoms with Gasteiger partial charge in [-0.3, -0.25) is 5.84 Å². The molecule has 1 rings (SSSR count). The summed E-state index contributed by atoms with van der Waals surface area (Å²) in [5.41, 5.74) is 3.88. The Hall–Kier alpha value is -1.09. The van der Waals surface area contributed by atoms with Crippen molar-refractivity contribution in [3.63, 3.8) is 0 Å². The summed E-state index contributed by atoms with van der Waals surface area (Å²) in [5.74, 6) is 4.98. The third kappa shape index (κ3) is 1.68. The van der Waals surface area contributed by atoms with Crippen LogP contribution in [0.2, 0.25) is 0 Å². The summed E-state index contributed by atoms with van der Waals surface area (Å²) in [6.45, 7) is 1.90. The molecule has 0 spiro atoms. The first-order valence-electron chi connectivity index (χ1n) is 3.53. The third-order valence-corrected chi connectivity index (χ3v) is 1.59. The number of aryl methyl sites for hydroxylation is 1. The summed E-state index contributed by atoms with van der Waals surface area (Å²) in [5, 5.41) is 0. The lowest BCUT2D eigenvalue weighted by Crippen LogP contribution is -2.07. The van der Waals surface area contributed by atoms with E-state index >= 15 is 0 Å². The zero-order valence-corrected chi connectivity index (χ0v) is 6.39. The van der Waals surface area contributed by atoms with Crippen LogP contribution < -0.4 is 11.3 Å². The van der Waals surface area contributed by atoms with E-state index in [4.69, 9.17) is 5.84 Å². The van der Waals surface area contributed by atoms with Crippen LogP contribution in [0.4, 0.5) is 10.1 Å². The second-order valence-electron chi connectivity index (χ2n) is 2.30. The van der Waals surface area contributed by atoms with Gasteiger partial charge in [0.25, 0.3) is 0 Å². The van der Waals surface area contributed by atoms with Gasteiger partial charge in [-0.05, 0) is 30.2 Å². The van der Waals surface area contributed by atoms with Gasteiger partial charge in [0.05, 0.1) is 0 Å². The van der Waals surface area contributed by atoms with E-state index < -0.39 is 0 Å². The summed E-state index contributed by atoms with van der Waals surface area (Å²) in [6.07, 6.45) is 0.682. The Morgan fingerprint density at radius 3 is 2.82 bits per heavy atom. The largest absolute Gasteiger partial charge is 0.324 e. The van der Waals surface area contributed by atoms with E-state index in [1.165, 1.54) is 6.07 Å². The van der Waals surface area contributed by atoms with Gasteiger partial charge in [-0.2, -0.15) is 0 Å². The SMILES string of the molecule is CCc1cc(NN)ccc1F. The number of halogens is 1. The molecule has 0 bridgehead atoms. The normalized spacial score (nSPS) is 9.73. The minimum absolute atomic E-state index is 0.175. The molecule has 0 heterocycles. The number of nitrogen functional groups attached to an aromatic ring is 1. The molecule has 0 aliphatic rings. The highest BCUT2D eigenvalue weighted by atomic mass is 19.1. The van der Waals surface area contributed by atoms with Gasteiger partial charge in [0, 0.05) is 5.69 Å². The Morgan fingerprint density at radius 2 is 2.27 bits per heavy atom. The summed E-state index contributed by atoms with van der Waals surface area (Å²) in [6, 6.07) is 4.72. The van der Waals surface area contributed by atoms with E-state index in [0.29, 0.717) is 12.0 Å². The number of benzene rings is 1. The molecule has 0 unspecified atom stereocenters. The van der Waals surface area contributed by atoms with E-state index in [2.05, 4.69) is 5.43 Å². The lowest BCUT2D eigenvalue weighted by molar-refractivity contribution is 0.612. The van der Waals surface area contributed by atoms with E-state index in [-0.39, 0.29) is 5.82 Å². The average Bonchev–Trinajstić information content (AvgIpc) is 2.05. The molecule has 1 aromatic rings. The van der Waals surface area contributed by atoms with Gasteiger partial charge in [-0.15, -0.1) is 0 Å². The fourth-order valence-electron chi connectivity index (χ4n) is 0.935. The maximum absolute atomic E-state index is 12.8. The van der Waals surface area contributed by atoms with E-state index in [9.17, 15) is 4.39 Å². The zero-order chi connectivity index (χ0) is 8.27. The van der Waals surface area contributed by atoms with Gasteiger partial charge in [0.2, 0.25) is 0 Å². The predicted molar refractivity (Wildman–Crippen MR) is 43.6 cm³/mol. The van der Waals surface area contributed by atoms with Crippen molar-refractivity contribution >= 4 is 5.69 Å². The summed E-state index contributed by atoms with van der Waals surface area (Å²) < 4.78 is 12.8. The Bertz CT molecular complexity index is 248. The molecule has 1 aromatic carbocycles. The highest BCUT2D eigenvalue weighted by molar-refractivity contribution is 5.44. The number of nitrogens with one attached hydrogen (secondary N) is 1. The summed E-state index contributed by atoms with van der Waals surface area (Å²) in [7, 11) is 0. The second kappa shape index (κ2) is 3.34. The minimum atomic E-state index is -0.175. The molecule has 0 aliphatic heterocycles. The highest BCUT2D eigenvalue weighted by Crippen LogP contribution is 2.13. The van der Waals surface area contributed by atoms with E-state index in [1.54, 1.807) is 12.1 Å². The molecule has 0 fully saturated rings. The molecule has 3 N–H and O–H groups in total. The number of nitrogens with two attached hydrogens (primary N) is 1. The van der Waals surface area contributed by atoms with Crippen molar-refractivity contribution in [2.75, 3.05) is 5.43 Å². The molecule has 0 saturated heterocycles. The Morgan fingerprint density at radius 1 is 1.55 bits per heavy atom. The minimum Gasteiger partial charge on any atom is -0.324 e. The van der Waals surface area contributed by atoms with Gasteiger partial charge < -0.3 is 5.43 Å². The summed E-state index contributed by atoms with van der Waals surface area (Å²) in [4.78, 5) is 0. The van der Waals surface area contributed by atoms with Crippen LogP contribution in [0, 0.1) is 5.82 Å². The third-order valence-electron chi connectivity index (χ3n) is 1.59. The smallest absolute Gasteiger partial charge is 0.126 e. The van der Waals surface area contributed by atoms with Crippen molar-refractivity contribution in [2.45, 2.75) is 13.3 Å². The van der Waals surface area contributed by atoms with Crippen LogP contribution in [0.1, 0.15) is 12.5 Å². The molecular weight excluding hydrogens is 143 g/mol. The molecular formula is C8H11FN2. The molecule has 0 atom stereocenters. The maximum Gasteiger partial charge on any atom is 0.126 e. The number of hydrogen-bond acceptors (Lipinski definition) is 2. The van der Waals surface area contributed by atoms with Crippen LogP contribution in [-0.2, 0) is 6.42 Å². The Labute approximate surface area is 65.2 Å². The van der Waals surface area contributed by atoms with Crippen molar-refractivity contribution in [1.82, 2.24) is 0 Å². The molecule has 0 aliphatic carbocycles. The van der Waals surface area contributed by atoms with Crippen molar-refractivity contribution in [3.05, 3.63) is 29.6 Å². The van der Waals surface area contributed by atoms with Gasteiger partial charge in [0.15, 0.2) is 0 Å². The first kappa shape index (κ1) is 8.01. The van der Waals surface area contributed by atoms with Gasteiger partial charge in [-0.1, -0.05) is 6.92 Å². The number of anilines is 1. The zero-order valence-electron chi connectivity index (χ0n) is 6.39. The maximum atomic E-state index is 12.8. The quantitative estimate of drug-likeness (QED) is 0.502. The average molecular weight is 154 g/mol. The molecule has 0 radical (unpaired) electrons. The van der Waals surface area contributed by atoms with Crippen molar-refractivity contribution in [3.8, 4) is 0 Å². The molecule has 0 amide bonds. The van der Waals surface area contributed by atoms with E-state index in [0.717, 1.165) is 5.69 Å².